The summed E-state index contributed by atoms with van der Waals surface area (Å²) >= 11 is 0. The molecule has 23 heavy (non-hydrogen) atoms. The number of amides is 1. The summed E-state index contributed by atoms with van der Waals surface area (Å²) in [6.45, 7) is 2.42. The number of ether oxygens (including phenoxy) is 1. The molecule has 2 rings (SSSR count). The van der Waals surface area contributed by atoms with Crippen LogP contribution in [0.5, 0.6) is 5.75 Å². The molecule has 2 N–H and O–H groups in total. The van der Waals surface area contributed by atoms with Crippen LogP contribution < -0.4 is 5.32 Å². The summed E-state index contributed by atoms with van der Waals surface area (Å²) in [5, 5.41) is 12.3. The van der Waals surface area contributed by atoms with E-state index < -0.39 is 0 Å². The zero-order chi connectivity index (χ0) is 16.7. The Hall–Kier alpha value is -2.82. The highest BCUT2D eigenvalue weighted by molar-refractivity contribution is 5.96. The second-order valence-corrected chi connectivity index (χ2v) is 5.08. The molecular weight excluding hydrogens is 294 g/mol. The van der Waals surface area contributed by atoms with Crippen molar-refractivity contribution in [3.63, 3.8) is 0 Å². The molecule has 0 aliphatic rings. The molecule has 0 fully saturated rings. The van der Waals surface area contributed by atoms with Crippen LogP contribution in [0.1, 0.15) is 32.7 Å². The van der Waals surface area contributed by atoms with Gasteiger partial charge in [0.05, 0.1) is 17.7 Å². The second-order valence-electron chi connectivity index (χ2n) is 5.08. The van der Waals surface area contributed by atoms with E-state index in [0.717, 1.165) is 5.56 Å². The fraction of sp³-hybridized carbons (Fsp3) is 0.222. The van der Waals surface area contributed by atoms with E-state index in [0.29, 0.717) is 18.5 Å². The number of esters is 1. The van der Waals surface area contributed by atoms with Gasteiger partial charge in [0, 0.05) is 6.54 Å². The maximum atomic E-state index is 11.9. The van der Waals surface area contributed by atoms with Gasteiger partial charge in [-0.15, -0.1) is 0 Å². The standard InChI is InChI=1S/C18H19NO4/c1-13-7-2-3-8-14(13)18(22)23-12-6-11-19-17(21)15-9-4-5-10-16(15)20/h2-5,7-10,20H,6,11-12H2,1H3,(H,19,21). The number of hydrogen-bond acceptors (Lipinski definition) is 4. The molecule has 0 unspecified atom stereocenters. The van der Waals surface area contributed by atoms with Crippen LogP contribution in [0.3, 0.4) is 0 Å². The number of nitrogens with one attached hydrogen (secondary N) is 1. The van der Waals surface area contributed by atoms with Crippen LogP contribution in [-0.2, 0) is 4.74 Å². The van der Waals surface area contributed by atoms with Crippen molar-refractivity contribution in [1.29, 1.82) is 0 Å². The number of phenolic OH excluding ortho intramolecular Hbond substituents is 1. The van der Waals surface area contributed by atoms with Gasteiger partial charge in [-0.25, -0.2) is 4.79 Å². The van der Waals surface area contributed by atoms with E-state index in [4.69, 9.17) is 4.74 Å². The van der Waals surface area contributed by atoms with E-state index in [1.807, 2.05) is 19.1 Å². The molecule has 0 aromatic heterocycles. The fourth-order valence-corrected chi connectivity index (χ4v) is 2.08. The van der Waals surface area contributed by atoms with E-state index in [-0.39, 0.29) is 29.8 Å². The van der Waals surface area contributed by atoms with Crippen LogP contribution in [0.25, 0.3) is 0 Å². The Bertz CT molecular complexity index is 637. The third-order valence-electron chi connectivity index (χ3n) is 3.35. The molecule has 0 aliphatic carbocycles. The van der Waals surface area contributed by atoms with Crippen LogP contribution in [0.4, 0.5) is 0 Å². The molecule has 0 bridgehead atoms. The maximum Gasteiger partial charge on any atom is 0.338 e. The first-order valence-corrected chi connectivity index (χ1v) is 7.38. The zero-order valence-electron chi connectivity index (χ0n) is 12.9. The summed E-state index contributed by atoms with van der Waals surface area (Å²) in [4.78, 5) is 23.7. The van der Waals surface area contributed by atoms with Crippen molar-refractivity contribution in [2.24, 2.45) is 0 Å². The second kappa shape index (κ2) is 7.98. The van der Waals surface area contributed by atoms with Gasteiger partial charge >= 0.3 is 5.97 Å². The lowest BCUT2D eigenvalue weighted by molar-refractivity contribution is 0.0500. The number of benzene rings is 2. The smallest absolute Gasteiger partial charge is 0.338 e. The molecule has 0 spiro atoms. The number of phenols is 1. The van der Waals surface area contributed by atoms with Crippen molar-refractivity contribution in [2.45, 2.75) is 13.3 Å². The average molecular weight is 313 g/mol. The monoisotopic (exact) mass is 313 g/mol. The fourth-order valence-electron chi connectivity index (χ4n) is 2.08. The number of para-hydroxylation sites is 1. The number of carbonyl (C=O) groups is 2. The Morgan fingerprint density at radius 2 is 1.70 bits per heavy atom. The molecule has 5 heteroatoms. The summed E-state index contributed by atoms with van der Waals surface area (Å²) in [5.41, 5.74) is 1.64. The summed E-state index contributed by atoms with van der Waals surface area (Å²) in [6, 6.07) is 13.6. The van der Waals surface area contributed by atoms with Crippen LogP contribution in [0.15, 0.2) is 48.5 Å². The predicted molar refractivity (Wildman–Crippen MR) is 86.5 cm³/mol. The molecule has 120 valence electrons. The lowest BCUT2D eigenvalue weighted by Crippen LogP contribution is -2.25. The molecule has 2 aromatic rings. The minimum atomic E-state index is -0.366. The van der Waals surface area contributed by atoms with Gasteiger partial charge in [0.1, 0.15) is 5.75 Å². The van der Waals surface area contributed by atoms with Gasteiger partial charge in [-0.05, 0) is 37.1 Å². The minimum Gasteiger partial charge on any atom is -0.507 e. The van der Waals surface area contributed by atoms with Crippen LogP contribution in [-0.4, -0.2) is 30.1 Å². The summed E-state index contributed by atoms with van der Waals surface area (Å²) in [7, 11) is 0. The SMILES string of the molecule is Cc1ccccc1C(=O)OCCCNC(=O)c1ccccc1O. The topological polar surface area (TPSA) is 75.6 Å². The van der Waals surface area contributed by atoms with Crippen molar-refractivity contribution in [2.75, 3.05) is 13.2 Å². The molecule has 0 radical (unpaired) electrons. The molecule has 0 saturated carbocycles. The third-order valence-corrected chi connectivity index (χ3v) is 3.35. The van der Waals surface area contributed by atoms with Gasteiger partial charge in [-0.2, -0.15) is 0 Å². The van der Waals surface area contributed by atoms with Gasteiger partial charge in [-0.1, -0.05) is 30.3 Å². The van der Waals surface area contributed by atoms with Crippen LogP contribution >= 0.6 is 0 Å². The molecule has 0 atom stereocenters. The van der Waals surface area contributed by atoms with E-state index in [1.165, 1.54) is 6.07 Å². The highest BCUT2D eigenvalue weighted by Crippen LogP contribution is 2.14. The quantitative estimate of drug-likeness (QED) is 0.635. The number of hydrogen-bond donors (Lipinski definition) is 2. The highest BCUT2D eigenvalue weighted by atomic mass is 16.5. The number of aromatic hydroxyl groups is 1. The number of rotatable bonds is 6. The summed E-state index contributed by atoms with van der Waals surface area (Å²) < 4.78 is 5.18. The van der Waals surface area contributed by atoms with Crippen molar-refractivity contribution in [3.8, 4) is 5.75 Å². The number of carbonyl (C=O) groups excluding carboxylic acids is 2. The van der Waals surface area contributed by atoms with Crippen molar-refractivity contribution in [3.05, 3.63) is 65.2 Å². The van der Waals surface area contributed by atoms with Crippen LogP contribution in [0, 0.1) is 6.92 Å². The lowest BCUT2D eigenvalue weighted by Gasteiger charge is -2.08. The Kier molecular flexibility index (Phi) is 5.74. The first-order chi connectivity index (χ1) is 11.1. The van der Waals surface area contributed by atoms with Gasteiger partial charge in [0.15, 0.2) is 0 Å². The Morgan fingerprint density at radius 3 is 2.39 bits per heavy atom. The van der Waals surface area contributed by atoms with E-state index in [1.54, 1.807) is 30.3 Å². The molecular formula is C18H19NO4. The van der Waals surface area contributed by atoms with Gasteiger partial charge in [0.2, 0.25) is 0 Å². The minimum absolute atomic E-state index is 0.0593. The number of aryl methyl sites for hydroxylation is 1. The average Bonchev–Trinajstić information content (AvgIpc) is 2.55. The zero-order valence-corrected chi connectivity index (χ0v) is 12.9. The summed E-state index contributed by atoms with van der Waals surface area (Å²) in [6.07, 6.45) is 0.497. The van der Waals surface area contributed by atoms with Gasteiger partial charge < -0.3 is 15.2 Å². The van der Waals surface area contributed by atoms with E-state index >= 15 is 0 Å². The largest absolute Gasteiger partial charge is 0.507 e. The van der Waals surface area contributed by atoms with Crippen molar-refractivity contribution in [1.82, 2.24) is 5.32 Å². The normalized spacial score (nSPS) is 10.1. The van der Waals surface area contributed by atoms with E-state index in [9.17, 15) is 14.7 Å². The Morgan fingerprint density at radius 1 is 1.04 bits per heavy atom. The molecule has 2 aromatic carbocycles. The molecule has 1 amide bonds. The first kappa shape index (κ1) is 16.5. The summed E-state index contributed by atoms with van der Waals surface area (Å²) in [5.74, 6) is -0.778. The Balaban J connectivity index is 1.72. The molecule has 0 saturated heterocycles. The highest BCUT2D eigenvalue weighted by Gasteiger charge is 2.11. The van der Waals surface area contributed by atoms with Crippen LogP contribution in [0.2, 0.25) is 0 Å². The van der Waals surface area contributed by atoms with E-state index in [2.05, 4.69) is 5.32 Å². The Labute approximate surface area is 134 Å². The molecule has 5 nitrogen and oxygen atoms in total. The predicted octanol–water partition coefficient (Wildman–Crippen LogP) is 2.68. The lowest BCUT2D eigenvalue weighted by atomic mass is 10.1. The molecule has 0 heterocycles. The van der Waals surface area contributed by atoms with Gasteiger partial charge in [-0.3, -0.25) is 4.79 Å². The van der Waals surface area contributed by atoms with Crippen molar-refractivity contribution >= 4 is 11.9 Å². The first-order valence-electron chi connectivity index (χ1n) is 7.38. The third kappa shape index (κ3) is 4.57. The maximum absolute atomic E-state index is 11.9. The van der Waals surface area contributed by atoms with Gasteiger partial charge in [0.25, 0.3) is 5.91 Å². The van der Waals surface area contributed by atoms with Crippen molar-refractivity contribution < 1.29 is 19.4 Å². The molecule has 0 aliphatic heterocycles.